The maximum absolute atomic E-state index is 12.3. The molecule has 1 N–H and O–H groups in total. The molecule has 2 aromatic carbocycles. The van der Waals surface area contributed by atoms with Gasteiger partial charge in [0, 0.05) is 5.39 Å². The SMILES string of the molecule is COc1ccc2nc(NC(=O)CSc3nc4c5ccccc5ncn4n3)sc2c1. The lowest BCUT2D eigenvalue weighted by Crippen LogP contribution is -2.13. The monoisotopic (exact) mass is 422 g/mol. The van der Waals surface area contributed by atoms with E-state index in [1.165, 1.54) is 23.1 Å². The van der Waals surface area contributed by atoms with Gasteiger partial charge in [-0.3, -0.25) is 4.79 Å². The fourth-order valence-corrected chi connectivity index (χ4v) is 4.43. The number of carbonyl (C=O) groups excluding carboxylic acids is 1. The summed E-state index contributed by atoms with van der Waals surface area (Å²) in [6.07, 6.45) is 1.63. The van der Waals surface area contributed by atoms with Crippen molar-refractivity contribution in [1.82, 2.24) is 24.6 Å². The van der Waals surface area contributed by atoms with E-state index in [0.717, 1.165) is 32.5 Å². The number of carbonyl (C=O) groups is 1. The van der Waals surface area contributed by atoms with Crippen LogP contribution in [0.1, 0.15) is 0 Å². The summed E-state index contributed by atoms with van der Waals surface area (Å²) >= 11 is 2.68. The largest absolute Gasteiger partial charge is 0.497 e. The molecule has 3 aromatic heterocycles. The number of nitrogens with one attached hydrogen (secondary N) is 1. The van der Waals surface area contributed by atoms with E-state index in [1.54, 1.807) is 18.0 Å². The third-order valence-corrected chi connectivity index (χ3v) is 6.01. The van der Waals surface area contributed by atoms with Crippen LogP contribution in [0, 0.1) is 0 Å². The number of amides is 1. The molecule has 144 valence electrons. The van der Waals surface area contributed by atoms with Crippen LogP contribution in [0.3, 0.4) is 0 Å². The molecule has 5 aromatic rings. The summed E-state index contributed by atoms with van der Waals surface area (Å²) in [6.45, 7) is 0. The molecule has 0 aliphatic heterocycles. The fraction of sp³-hybridized carbons (Fsp3) is 0.105. The van der Waals surface area contributed by atoms with Gasteiger partial charge in [0.25, 0.3) is 0 Å². The van der Waals surface area contributed by atoms with Gasteiger partial charge in [0.05, 0.1) is 28.6 Å². The topological polar surface area (TPSA) is 94.3 Å². The molecule has 0 atom stereocenters. The number of benzene rings is 2. The Bertz CT molecular complexity index is 1360. The first-order valence-electron chi connectivity index (χ1n) is 8.67. The van der Waals surface area contributed by atoms with Gasteiger partial charge in [-0.25, -0.2) is 19.5 Å². The molecular formula is C19H14N6O2S2. The molecule has 0 fully saturated rings. The molecule has 0 aliphatic rings. The van der Waals surface area contributed by atoms with Crippen LogP contribution in [0.15, 0.2) is 53.9 Å². The number of methoxy groups -OCH3 is 1. The molecule has 0 saturated heterocycles. The Balaban J connectivity index is 1.29. The number of aromatic nitrogens is 5. The van der Waals surface area contributed by atoms with Crippen LogP contribution >= 0.6 is 23.1 Å². The first-order chi connectivity index (χ1) is 14.2. The second-order valence-corrected chi connectivity index (χ2v) is 8.09. The first kappa shape index (κ1) is 17.8. The third kappa shape index (κ3) is 3.47. The van der Waals surface area contributed by atoms with Gasteiger partial charge in [-0.2, -0.15) is 0 Å². The highest BCUT2D eigenvalue weighted by atomic mass is 32.2. The minimum Gasteiger partial charge on any atom is -0.497 e. The average molecular weight is 422 g/mol. The molecule has 0 saturated carbocycles. The summed E-state index contributed by atoms with van der Waals surface area (Å²) < 4.78 is 7.80. The maximum Gasteiger partial charge on any atom is 0.236 e. The molecule has 1 amide bonds. The summed E-state index contributed by atoms with van der Waals surface area (Å²) in [4.78, 5) is 25.7. The lowest BCUT2D eigenvalue weighted by atomic mass is 10.2. The summed E-state index contributed by atoms with van der Waals surface area (Å²) in [5.41, 5.74) is 2.40. The minimum absolute atomic E-state index is 0.164. The molecular weight excluding hydrogens is 408 g/mol. The highest BCUT2D eigenvalue weighted by Crippen LogP contribution is 2.29. The molecule has 3 heterocycles. The van der Waals surface area contributed by atoms with Gasteiger partial charge < -0.3 is 10.1 Å². The highest BCUT2D eigenvalue weighted by Gasteiger charge is 2.12. The molecule has 0 radical (unpaired) electrons. The summed E-state index contributed by atoms with van der Waals surface area (Å²) in [5, 5.41) is 9.22. The van der Waals surface area contributed by atoms with Crippen LogP contribution in [0.2, 0.25) is 0 Å². The molecule has 5 rings (SSSR count). The van der Waals surface area contributed by atoms with Gasteiger partial charge in [-0.1, -0.05) is 35.2 Å². The number of thiazole rings is 1. The molecule has 0 unspecified atom stereocenters. The van der Waals surface area contributed by atoms with E-state index in [2.05, 4.69) is 25.4 Å². The number of ether oxygens (including phenoxy) is 1. The molecule has 0 aliphatic carbocycles. The number of anilines is 1. The zero-order chi connectivity index (χ0) is 19.8. The van der Waals surface area contributed by atoms with Gasteiger partial charge in [-0.05, 0) is 30.3 Å². The molecule has 8 nitrogen and oxygen atoms in total. The van der Waals surface area contributed by atoms with E-state index in [9.17, 15) is 4.79 Å². The normalized spacial score (nSPS) is 11.3. The quantitative estimate of drug-likeness (QED) is 0.432. The molecule has 29 heavy (non-hydrogen) atoms. The lowest BCUT2D eigenvalue weighted by Gasteiger charge is -1.98. The Labute approximate surface area is 173 Å². The van der Waals surface area contributed by atoms with Crippen LogP contribution in [0.5, 0.6) is 5.75 Å². The Morgan fingerprint density at radius 2 is 2.10 bits per heavy atom. The zero-order valence-electron chi connectivity index (χ0n) is 15.2. The predicted octanol–water partition coefficient (Wildman–Crippen LogP) is 3.63. The predicted molar refractivity (Wildman–Crippen MR) is 114 cm³/mol. The number of rotatable bonds is 5. The van der Waals surface area contributed by atoms with E-state index in [-0.39, 0.29) is 11.7 Å². The van der Waals surface area contributed by atoms with Crippen LogP contribution in [0.25, 0.3) is 26.8 Å². The second kappa shape index (κ2) is 7.30. The second-order valence-electron chi connectivity index (χ2n) is 6.11. The zero-order valence-corrected chi connectivity index (χ0v) is 16.8. The summed E-state index contributed by atoms with van der Waals surface area (Å²) in [6, 6.07) is 13.4. The first-order valence-corrected chi connectivity index (χ1v) is 10.5. The Morgan fingerprint density at radius 3 is 3.00 bits per heavy atom. The number of nitrogens with zero attached hydrogens (tertiary/aromatic N) is 5. The van der Waals surface area contributed by atoms with E-state index >= 15 is 0 Å². The number of hydrogen-bond donors (Lipinski definition) is 1. The van der Waals surface area contributed by atoms with E-state index < -0.39 is 0 Å². The maximum atomic E-state index is 12.3. The summed E-state index contributed by atoms with van der Waals surface area (Å²) in [5.74, 6) is 0.777. The van der Waals surface area contributed by atoms with E-state index in [0.29, 0.717) is 10.3 Å². The van der Waals surface area contributed by atoms with E-state index in [4.69, 9.17) is 4.74 Å². The van der Waals surface area contributed by atoms with Gasteiger partial charge in [0.1, 0.15) is 12.1 Å². The van der Waals surface area contributed by atoms with Crippen molar-refractivity contribution in [3.8, 4) is 5.75 Å². The standard InChI is InChI=1S/C19H14N6O2S2/c1-27-11-6-7-14-15(8-11)29-18(21-14)22-16(26)9-28-19-23-17-12-4-2-3-5-13(12)20-10-25(17)24-19/h2-8,10H,9H2,1H3,(H,21,22,26). The highest BCUT2D eigenvalue weighted by molar-refractivity contribution is 7.99. The van der Waals surface area contributed by atoms with Crippen molar-refractivity contribution in [2.24, 2.45) is 0 Å². The fourth-order valence-electron chi connectivity index (χ4n) is 2.89. The number of para-hydroxylation sites is 1. The van der Waals surface area contributed by atoms with Gasteiger partial charge in [0.2, 0.25) is 11.1 Å². The van der Waals surface area contributed by atoms with Crippen molar-refractivity contribution in [3.63, 3.8) is 0 Å². The Morgan fingerprint density at radius 1 is 1.21 bits per heavy atom. The Hall–Kier alpha value is -3.24. The van der Waals surface area contributed by atoms with E-state index in [1.807, 2.05) is 42.5 Å². The van der Waals surface area contributed by atoms with Crippen molar-refractivity contribution >= 4 is 60.9 Å². The summed E-state index contributed by atoms with van der Waals surface area (Å²) in [7, 11) is 1.62. The van der Waals surface area contributed by atoms with Gasteiger partial charge >= 0.3 is 0 Å². The third-order valence-electron chi connectivity index (χ3n) is 4.24. The molecule has 0 spiro atoms. The number of thioether (sulfide) groups is 1. The smallest absolute Gasteiger partial charge is 0.236 e. The van der Waals surface area contributed by atoms with Crippen LogP contribution in [-0.4, -0.2) is 43.3 Å². The average Bonchev–Trinajstić information content (AvgIpc) is 3.34. The van der Waals surface area contributed by atoms with Crippen LogP contribution in [0.4, 0.5) is 5.13 Å². The van der Waals surface area contributed by atoms with Gasteiger partial charge in [-0.15, -0.1) is 5.10 Å². The number of fused-ring (bicyclic) bond motifs is 4. The Kier molecular flexibility index (Phi) is 4.49. The van der Waals surface area contributed by atoms with Crippen molar-refractivity contribution in [2.75, 3.05) is 18.2 Å². The van der Waals surface area contributed by atoms with Crippen molar-refractivity contribution in [1.29, 1.82) is 0 Å². The van der Waals surface area contributed by atoms with Gasteiger partial charge in [0.15, 0.2) is 10.8 Å². The van der Waals surface area contributed by atoms with Crippen molar-refractivity contribution in [3.05, 3.63) is 48.8 Å². The van der Waals surface area contributed by atoms with Crippen molar-refractivity contribution < 1.29 is 9.53 Å². The van der Waals surface area contributed by atoms with Crippen LogP contribution < -0.4 is 10.1 Å². The molecule has 0 bridgehead atoms. The molecule has 10 heteroatoms. The lowest BCUT2D eigenvalue weighted by molar-refractivity contribution is -0.113. The number of hydrogen-bond acceptors (Lipinski definition) is 8. The van der Waals surface area contributed by atoms with Crippen LogP contribution in [-0.2, 0) is 4.79 Å². The minimum atomic E-state index is -0.164. The van der Waals surface area contributed by atoms with Crippen molar-refractivity contribution in [2.45, 2.75) is 5.16 Å².